The molecule has 0 amide bonds. The van der Waals surface area contributed by atoms with Gasteiger partial charge in [0.05, 0.1) is 19.3 Å². The van der Waals surface area contributed by atoms with Gasteiger partial charge in [-0.2, -0.15) is 13.2 Å². The van der Waals surface area contributed by atoms with Crippen LogP contribution in [-0.2, 0) is 4.74 Å². The summed E-state index contributed by atoms with van der Waals surface area (Å²) in [5, 5.41) is 10.1. The predicted octanol–water partition coefficient (Wildman–Crippen LogP) is 2.19. The summed E-state index contributed by atoms with van der Waals surface area (Å²) in [7, 11) is 0. The smallest absolute Gasteiger partial charge is 0.389 e. The zero-order valence-electron chi connectivity index (χ0n) is 11.0. The van der Waals surface area contributed by atoms with Crippen LogP contribution in [0.3, 0.4) is 0 Å². The Morgan fingerprint density at radius 1 is 1.22 bits per heavy atom. The molecule has 1 aliphatic rings. The molecule has 1 saturated heterocycles. The molecule has 18 heavy (non-hydrogen) atoms. The molecule has 0 saturated carbocycles. The molecule has 6 heteroatoms. The first kappa shape index (κ1) is 15.7. The Morgan fingerprint density at radius 2 is 1.78 bits per heavy atom. The van der Waals surface area contributed by atoms with Crippen LogP contribution in [0.1, 0.15) is 33.1 Å². The summed E-state index contributed by atoms with van der Waals surface area (Å²) < 4.78 is 41.4. The van der Waals surface area contributed by atoms with Crippen LogP contribution >= 0.6 is 0 Å². The van der Waals surface area contributed by atoms with E-state index in [1.54, 1.807) is 0 Å². The average Bonchev–Trinajstić information content (AvgIpc) is 2.28. The van der Waals surface area contributed by atoms with Crippen molar-refractivity contribution in [1.82, 2.24) is 4.90 Å². The van der Waals surface area contributed by atoms with Crippen molar-refractivity contribution < 1.29 is 23.0 Å². The van der Waals surface area contributed by atoms with Gasteiger partial charge < -0.3 is 9.84 Å². The maximum absolute atomic E-state index is 12.0. The van der Waals surface area contributed by atoms with Gasteiger partial charge in [-0.25, -0.2) is 0 Å². The Labute approximate surface area is 106 Å². The van der Waals surface area contributed by atoms with E-state index in [1.807, 2.05) is 13.8 Å². The molecule has 1 rings (SSSR count). The molecule has 0 aliphatic carbocycles. The first-order valence-corrected chi connectivity index (χ1v) is 6.31. The van der Waals surface area contributed by atoms with Crippen molar-refractivity contribution in [2.45, 2.75) is 50.9 Å². The summed E-state index contributed by atoms with van der Waals surface area (Å²) in [4.78, 5) is 2.08. The van der Waals surface area contributed by atoms with Crippen LogP contribution in [0, 0.1) is 0 Å². The summed E-state index contributed by atoms with van der Waals surface area (Å²) in [5.41, 5.74) is -0.505. The summed E-state index contributed by atoms with van der Waals surface area (Å²) in [6, 6.07) is 0. The highest BCUT2D eigenvalue weighted by Gasteiger charge is 2.35. The number of morpholine rings is 1. The summed E-state index contributed by atoms with van der Waals surface area (Å²) in [6.45, 7) is 6.39. The van der Waals surface area contributed by atoms with E-state index in [0.717, 1.165) is 0 Å². The lowest BCUT2D eigenvalue weighted by atomic mass is 9.90. The molecule has 0 radical (unpaired) electrons. The van der Waals surface area contributed by atoms with Gasteiger partial charge >= 0.3 is 6.18 Å². The van der Waals surface area contributed by atoms with Crippen molar-refractivity contribution in [3.63, 3.8) is 0 Å². The number of halogens is 3. The lowest BCUT2D eigenvalue weighted by Gasteiger charge is -2.43. The minimum atomic E-state index is -4.14. The van der Waals surface area contributed by atoms with Gasteiger partial charge in [-0.05, 0) is 26.7 Å². The van der Waals surface area contributed by atoms with Crippen LogP contribution in [-0.4, -0.2) is 54.1 Å². The molecule has 1 aliphatic heterocycles. The number of rotatable bonds is 5. The van der Waals surface area contributed by atoms with Crippen LogP contribution in [0.15, 0.2) is 0 Å². The first-order valence-electron chi connectivity index (χ1n) is 6.31. The van der Waals surface area contributed by atoms with Crippen LogP contribution in [0.4, 0.5) is 13.2 Å². The fourth-order valence-corrected chi connectivity index (χ4v) is 2.20. The lowest BCUT2D eigenvalue weighted by Crippen LogP contribution is -2.56. The molecule has 3 nitrogen and oxygen atoms in total. The number of aliphatic hydroxyl groups excluding tert-OH is 1. The Bertz CT molecular complexity index is 250. The van der Waals surface area contributed by atoms with Crippen molar-refractivity contribution in [2.24, 2.45) is 0 Å². The molecular weight excluding hydrogens is 247 g/mol. The first-order chi connectivity index (χ1) is 8.23. The molecule has 1 atom stereocenters. The molecule has 1 N–H and O–H groups in total. The zero-order valence-corrected chi connectivity index (χ0v) is 11.0. The molecule has 108 valence electrons. The minimum Gasteiger partial charge on any atom is -0.391 e. The Hall–Kier alpha value is -0.330. The second-order valence-electron chi connectivity index (χ2n) is 5.28. The van der Waals surface area contributed by atoms with E-state index in [9.17, 15) is 18.3 Å². The molecule has 1 fully saturated rings. The highest BCUT2D eigenvalue weighted by atomic mass is 19.4. The van der Waals surface area contributed by atoms with Gasteiger partial charge in [-0.15, -0.1) is 0 Å². The van der Waals surface area contributed by atoms with Crippen molar-refractivity contribution in [1.29, 1.82) is 0 Å². The number of alkyl halides is 3. The van der Waals surface area contributed by atoms with Crippen LogP contribution in [0.25, 0.3) is 0 Å². The summed E-state index contributed by atoms with van der Waals surface area (Å²) >= 11 is 0. The number of hydrogen-bond donors (Lipinski definition) is 1. The topological polar surface area (TPSA) is 32.7 Å². The fourth-order valence-electron chi connectivity index (χ4n) is 2.20. The Balaban J connectivity index is 2.40. The van der Waals surface area contributed by atoms with Gasteiger partial charge in [0.15, 0.2) is 0 Å². The monoisotopic (exact) mass is 269 g/mol. The van der Waals surface area contributed by atoms with Crippen LogP contribution in [0.5, 0.6) is 0 Å². The van der Waals surface area contributed by atoms with E-state index in [-0.39, 0.29) is 12.8 Å². The van der Waals surface area contributed by atoms with Crippen molar-refractivity contribution >= 4 is 0 Å². The molecule has 0 aromatic heterocycles. The Kier molecular flexibility index (Phi) is 5.43. The maximum Gasteiger partial charge on any atom is 0.389 e. The molecule has 0 aromatic carbocycles. The molecule has 0 spiro atoms. The van der Waals surface area contributed by atoms with Gasteiger partial charge in [0.25, 0.3) is 0 Å². The van der Waals surface area contributed by atoms with Gasteiger partial charge in [-0.3, -0.25) is 4.90 Å². The largest absolute Gasteiger partial charge is 0.391 e. The highest BCUT2D eigenvalue weighted by Crippen LogP contribution is 2.27. The average molecular weight is 269 g/mol. The normalized spacial score (nSPS) is 21.0. The second-order valence-corrected chi connectivity index (χ2v) is 5.28. The van der Waals surface area contributed by atoms with E-state index in [0.29, 0.717) is 26.3 Å². The molecule has 1 unspecified atom stereocenters. The molecule has 0 bridgehead atoms. The van der Waals surface area contributed by atoms with E-state index in [2.05, 4.69) is 4.90 Å². The van der Waals surface area contributed by atoms with E-state index < -0.39 is 24.2 Å². The highest BCUT2D eigenvalue weighted by molar-refractivity contribution is 4.89. The van der Waals surface area contributed by atoms with Gasteiger partial charge in [0.2, 0.25) is 0 Å². The fraction of sp³-hybridized carbons (Fsp3) is 1.00. The van der Waals surface area contributed by atoms with Crippen molar-refractivity contribution in [3.05, 3.63) is 0 Å². The van der Waals surface area contributed by atoms with E-state index in [4.69, 9.17) is 4.74 Å². The third-order valence-electron chi connectivity index (χ3n) is 3.58. The molecule has 1 heterocycles. The van der Waals surface area contributed by atoms with E-state index in [1.165, 1.54) is 0 Å². The predicted molar refractivity (Wildman–Crippen MR) is 62.4 cm³/mol. The second kappa shape index (κ2) is 6.21. The minimum absolute atomic E-state index is 0.0293. The third kappa shape index (κ3) is 4.74. The van der Waals surface area contributed by atoms with Gasteiger partial charge in [0.1, 0.15) is 0 Å². The van der Waals surface area contributed by atoms with Crippen LogP contribution < -0.4 is 0 Å². The lowest BCUT2D eigenvalue weighted by molar-refractivity contribution is -0.138. The van der Waals surface area contributed by atoms with Crippen molar-refractivity contribution in [2.75, 3.05) is 26.3 Å². The summed E-state index contributed by atoms with van der Waals surface area (Å²) in [5.74, 6) is 0. The molecule has 0 aromatic rings. The van der Waals surface area contributed by atoms with Crippen molar-refractivity contribution in [3.8, 4) is 0 Å². The zero-order chi connectivity index (χ0) is 13.8. The summed E-state index contributed by atoms with van der Waals surface area (Å²) in [6.07, 6.45) is -5.58. The maximum atomic E-state index is 12.0. The van der Waals surface area contributed by atoms with Gasteiger partial charge in [0, 0.05) is 25.0 Å². The van der Waals surface area contributed by atoms with Gasteiger partial charge in [-0.1, -0.05) is 0 Å². The van der Waals surface area contributed by atoms with Crippen LogP contribution in [0.2, 0.25) is 0 Å². The quantitative estimate of drug-likeness (QED) is 0.830. The standard InChI is InChI=1S/C12H22F3NO2/c1-11(2,16-6-8-18-9-7-16)10(17)4-3-5-12(13,14)15/h10,17H,3-9H2,1-2H3. The number of aliphatic hydroxyl groups is 1. The Morgan fingerprint density at radius 3 is 2.28 bits per heavy atom. The number of ether oxygens (including phenoxy) is 1. The van der Waals surface area contributed by atoms with E-state index >= 15 is 0 Å². The number of hydrogen-bond acceptors (Lipinski definition) is 3. The molecular formula is C12H22F3NO2. The number of nitrogens with zero attached hydrogens (tertiary/aromatic N) is 1. The SMILES string of the molecule is CC(C)(C(O)CCCC(F)(F)F)N1CCOCC1. The third-order valence-corrected chi connectivity index (χ3v) is 3.58.